The molecule has 0 atom stereocenters. The normalized spacial score (nSPS) is 11.1. The lowest BCUT2D eigenvalue weighted by molar-refractivity contribution is 0.0517. The summed E-state index contributed by atoms with van der Waals surface area (Å²) in [5, 5.41) is 12.0. The molecule has 0 aliphatic heterocycles. The van der Waals surface area contributed by atoms with Crippen LogP contribution in [0.3, 0.4) is 0 Å². The Morgan fingerprint density at radius 3 is 2.95 bits per heavy atom. The van der Waals surface area contributed by atoms with E-state index in [1.807, 2.05) is 19.0 Å². The van der Waals surface area contributed by atoms with Gasteiger partial charge in [-0.1, -0.05) is 0 Å². The molecule has 0 unspecified atom stereocenters. The molecule has 19 heavy (non-hydrogen) atoms. The maximum atomic E-state index is 11.9. The molecule has 2 heterocycles. The van der Waals surface area contributed by atoms with Gasteiger partial charge in [-0.3, -0.25) is 0 Å². The zero-order chi connectivity index (χ0) is 13.8. The summed E-state index contributed by atoms with van der Waals surface area (Å²) < 4.78 is 6.53. The van der Waals surface area contributed by atoms with E-state index in [2.05, 4.69) is 15.3 Å². The van der Waals surface area contributed by atoms with Crippen LogP contribution in [0.4, 0.5) is 0 Å². The predicted molar refractivity (Wildman–Crippen MR) is 69.5 cm³/mol. The molecule has 0 spiro atoms. The molecule has 0 bridgehead atoms. The molecule has 0 amide bonds. The number of carbonyl (C=O) groups is 1. The second-order valence-corrected chi connectivity index (χ2v) is 4.03. The van der Waals surface area contributed by atoms with Crippen molar-refractivity contribution in [1.82, 2.24) is 24.7 Å². The van der Waals surface area contributed by atoms with Crippen LogP contribution >= 0.6 is 0 Å². The molecule has 7 heteroatoms. The van der Waals surface area contributed by atoms with Gasteiger partial charge in [0.2, 0.25) is 0 Å². The molecule has 0 radical (unpaired) electrons. The Balaban J connectivity index is 2.55. The first kappa shape index (κ1) is 13.0. The Hall–Kier alpha value is -2.44. The number of carbonyl (C=O) groups excluding carboxylic acids is 1. The summed E-state index contributed by atoms with van der Waals surface area (Å²) in [7, 11) is 3.77. The van der Waals surface area contributed by atoms with E-state index in [0.29, 0.717) is 11.3 Å². The predicted octanol–water partition coefficient (Wildman–Crippen LogP) is 0.833. The first-order chi connectivity index (χ1) is 9.13. The minimum atomic E-state index is -0.509. The average molecular weight is 261 g/mol. The third-order valence-corrected chi connectivity index (χ3v) is 2.35. The van der Waals surface area contributed by atoms with Gasteiger partial charge in [-0.25, -0.2) is 9.31 Å². The molecular formula is C12H15N5O2. The smallest absolute Gasteiger partial charge is 0.361 e. The van der Waals surface area contributed by atoms with Gasteiger partial charge in [0.25, 0.3) is 0 Å². The van der Waals surface area contributed by atoms with Crippen LogP contribution in [0, 0.1) is 0 Å². The molecule has 2 aromatic heterocycles. The highest BCUT2D eigenvalue weighted by Gasteiger charge is 2.17. The van der Waals surface area contributed by atoms with Gasteiger partial charge in [-0.05, 0) is 13.0 Å². The van der Waals surface area contributed by atoms with Crippen molar-refractivity contribution in [2.75, 3.05) is 20.7 Å². The fraction of sp³-hybridized carbons (Fsp3) is 0.333. The van der Waals surface area contributed by atoms with Crippen LogP contribution < -0.4 is 0 Å². The molecule has 0 aliphatic carbocycles. The Kier molecular flexibility index (Phi) is 3.74. The number of rotatable bonds is 4. The highest BCUT2D eigenvalue weighted by molar-refractivity contribution is 5.90. The number of hydrogen-bond donors (Lipinski definition) is 0. The van der Waals surface area contributed by atoms with E-state index in [4.69, 9.17) is 4.74 Å². The van der Waals surface area contributed by atoms with Crippen LogP contribution in [0.25, 0.3) is 11.7 Å². The third kappa shape index (κ3) is 2.70. The Morgan fingerprint density at radius 2 is 2.26 bits per heavy atom. The Labute approximate surface area is 110 Å². The molecule has 2 rings (SSSR count). The SMILES string of the molecule is CCOC(=O)c1nnc2ccnn2c1/C=C/N(C)C. The lowest BCUT2D eigenvalue weighted by atomic mass is 10.3. The number of ether oxygens (including phenoxy) is 1. The average Bonchev–Trinajstić information content (AvgIpc) is 2.84. The lowest BCUT2D eigenvalue weighted by Gasteiger charge is -2.07. The van der Waals surface area contributed by atoms with Gasteiger partial charge in [-0.15, -0.1) is 10.2 Å². The van der Waals surface area contributed by atoms with Crippen molar-refractivity contribution >= 4 is 17.7 Å². The van der Waals surface area contributed by atoms with E-state index in [1.165, 1.54) is 0 Å². The minimum absolute atomic E-state index is 0.149. The number of fused-ring (bicyclic) bond motifs is 1. The molecule has 7 nitrogen and oxygen atoms in total. The van der Waals surface area contributed by atoms with Crippen molar-refractivity contribution in [2.24, 2.45) is 0 Å². The van der Waals surface area contributed by atoms with Crippen LogP contribution in [0.15, 0.2) is 18.5 Å². The van der Waals surface area contributed by atoms with Crippen LogP contribution in [-0.4, -0.2) is 51.4 Å². The number of nitrogens with zero attached hydrogens (tertiary/aromatic N) is 5. The van der Waals surface area contributed by atoms with E-state index in [9.17, 15) is 4.79 Å². The highest BCUT2D eigenvalue weighted by atomic mass is 16.5. The minimum Gasteiger partial charge on any atom is -0.461 e. The lowest BCUT2D eigenvalue weighted by Crippen LogP contribution is -2.14. The van der Waals surface area contributed by atoms with Crippen LogP contribution in [-0.2, 0) is 4.74 Å². The number of aromatic nitrogens is 4. The van der Waals surface area contributed by atoms with Gasteiger partial charge in [-0.2, -0.15) is 5.10 Å². The van der Waals surface area contributed by atoms with Crippen molar-refractivity contribution in [3.63, 3.8) is 0 Å². The first-order valence-electron chi connectivity index (χ1n) is 5.85. The summed E-state index contributed by atoms with van der Waals surface area (Å²) in [6.45, 7) is 2.03. The van der Waals surface area contributed by atoms with Crippen LogP contribution in [0.5, 0.6) is 0 Å². The molecule has 0 saturated carbocycles. The van der Waals surface area contributed by atoms with E-state index in [-0.39, 0.29) is 12.3 Å². The topological polar surface area (TPSA) is 72.6 Å². The van der Waals surface area contributed by atoms with Gasteiger partial charge in [0.15, 0.2) is 11.3 Å². The second kappa shape index (κ2) is 5.47. The fourth-order valence-electron chi connectivity index (χ4n) is 1.52. The molecule has 0 fully saturated rings. The van der Waals surface area contributed by atoms with E-state index in [0.717, 1.165) is 0 Å². The molecule has 100 valence electrons. The zero-order valence-corrected chi connectivity index (χ0v) is 11.1. The van der Waals surface area contributed by atoms with E-state index >= 15 is 0 Å². The first-order valence-corrected chi connectivity index (χ1v) is 5.85. The maximum absolute atomic E-state index is 11.9. The monoisotopic (exact) mass is 261 g/mol. The molecule has 0 N–H and O–H groups in total. The fourth-order valence-corrected chi connectivity index (χ4v) is 1.52. The zero-order valence-electron chi connectivity index (χ0n) is 11.1. The van der Waals surface area contributed by atoms with Crippen molar-refractivity contribution < 1.29 is 9.53 Å². The van der Waals surface area contributed by atoms with Gasteiger partial charge < -0.3 is 9.64 Å². The summed E-state index contributed by atoms with van der Waals surface area (Å²) in [4.78, 5) is 13.7. The van der Waals surface area contributed by atoms with Gasteiger partial charge in [0, 0.05) is 26.4 Å². The molecule has 0 aliphatic rings. The maximum Gasteiger partial charge on any atom is 0.361 e. The van der Waals surface area contributed by atoms with Gasteiger partial charge >= 0.3 is 5.97 Å². The van der Waals surface area contributed by atoms with Gasteiger partial charge in [0.1, 0.15) is 5.69 Å². The van der Waals surface area contributed by atoms with E-state index in [1.54, 1.807) is 36.0 Å². The Morgan fingerprint density at radius 1 is 1.47 bits per heavy atom. The van der Waals surface area contributed by atoms with Crippen molar-refractivity contribution in [3.05, 3.63) is 29.9 Å². The van der Waals surface area contributed by atoms with Gasteiger partial charge in [0.05, 0.1) is 12.8 Å². The highest BCUT2D eigenvalue weighted by Crippen LogP contribution is 2.11. The molecule has 0 saturated heterocycles. The van der Waals surface area contributed by atoms with Crippen LogP contribution in [0.2, 0.25) is 0 Å². The number of esters is 1. The van der Waals surface area contributed by atoms with Crippen molar-refractivity contribution in [2.45, 2.75) is 6.92 Å². The Bertz CT molecular complexity index is 618. The second-order valence-electron chi connectivity index (χ2n) is 4.03. The summed E-state index contributed by atoms with van der Waals surface area (Å²) in [6, 6.07) is 1.72. The standard InChI is InChI=1S/C12H15N5O2/c1-4-19-12(18)11-9(6-8-16(2)3)17-10(14-15-11)5-7-13-17/h5-8H,4H2,1-3H3/b8-6+. The quantitative estimate of drug-likeness (QED) is 0.759. The molecular weight excluding hydrogens is 246 g/mol. The summed E-state index contributed by atoms with van der Waals surface area (Å²) in [6.07, 6.45) is 5.16. The number of hydrogen-bond acceptors (Lipinski definition) is 6. The largest absolute Gasteiger partial charge is 0.461 e. The summed E-state index contributed by atoms with van der Waals surface area (Å²) >= 11 is 0. The van der Waals surface area contributed by atoms with Crippen LogP contribution in [0.1, 0.15) is 23.1 Å². The molecule has 2 aromatic rings. The summed E-state index contributed by atoms with van der Waals surface area (Å²) in [5.41, 5.74) is 1.27. The summed E-state index contributed by atoms with van der Waals surface area (Å²) in [5.74, 6) is -0.509. The third-order valence-electron chi connectivity index (χ3n) is 2.35. The van der Waals surface area contributed by atoms with Crippen molar-refractivity contribution in [3.8, 4) is 0 Å². The van der Waals surface area contributed by atoms with E-state index < -0.39 is 5.97 Å². The van der Waals surface area contributed by atoms with Crippen molar-refractivity contribution in [1.29, 1.82) is 0 Å². The molecule has 0 aromatic carbocycles.